The van der Waals surface area contributed by atoms with Crippen molar-refractivity contribution in [3.63, 3.8) is 0 Å². The van der Waals surface area contributed by atoms with Gasteiger partial charge in [0.05, 0.1) is 0 Å². The zero-order valence-corrected chi connectivity index (χ0v) is 10.8. The Bertz CT molecular complexity index is 356. The fourth-order valence-electron chi connectivity index (χ4n) is 1.43. The van der Waals surface area contributed by atoms with Crippen LogP contribution < -0.4 is 10.6 Å². The number of nitrogens with one attached hydrogen (secondary N) is 2. The quantitative estimate of drug-likeness (QED) is 0.462. The van der Waals surface area contributed by atoms with Crippen LogP contribution in [0.4, 0.5) is 4.79 Å². The van der Waals surface area contributed by atoms with Gasteiger partial charge >= 0.3 is 12.0 Å². The number of hydrogen-bond acceptors (Lipinski definition) is 4. The number of carboxylic acids is 1. The number of amides is 3. The van der Waals surface area contributed by atoms with Gasteiger partial charge in [-0.1, -0.05) is 0 Å². The van der Waals surface area contributed by atoms with Gasteiger partial charge in [-0.2, -0.15) is 0 Å². The van der Waals surface area contributed by atoms with Crippen LogP contribution in [-0.4, -0.2) is 65.3 Å². The molecule has 8 nitrogen and oxygen atoms in total. The summed E-state index contributed by atoms with van der Waals surface area (Å²) >= 11 is 0. The summed E-state index contributed by atoms with van der Waals surface area (Å²) in [5.41, 5.74) is 0. The number of aliphatic hydroxyl groups excluding tert-OH is 1. The van der Waals surface area contributed by atoms with Crippen molar-refractivity contribution >= 4 is 17.9 Å². The van der Waals surface area contributed by atoms with E-state index in [1.165, 1.54) is 7.05 Å². The van der Waals surface area contributed by atoms with Gasteiger partial charge < -0.3 is 25.7 Å². The Balaban J connectivity index is 2.36. The Morgan fingerprint density at radius 3 is 2.47 bits per heavy atom. The number of urea groups is 1. The van der Waals surface area contributed by atoms with Crippen molar-refractivity contribution in [2.24, 2.45) is 0 Å². The van der Waals surface area contributed by atoms with Crippen molar-refractivity contribution in [2.45, 2.75) is 31.3 Å². The normalized spacial score (nSPS) is 15.5. The number of aliphatic hydroxyl groups is 1. The van der Waals surface area contributed by atoms with Crippen LogP contribution in [0.3, 0.4) is 0 Å². The Hall–Kier alpha value is -1.83. The van der Waals surface area contributed by atoms with Gasteiger partial charge in [-0.05, 0) is 12.8 Å². The van der Waals surface area contributed by atoms with E-state index >= 15 is 0 Å². The van der Waals surface area contributed by atoms with Crippen molar-refractivity contribution in [3.05, 3.63) is 0 Å². The maximum Gasteiger partial charge on any atom is 0.326 e. The lowest BCUT2D eigenvalue weighted by Crippen LogP contribution is -2.49. The average molecular weight is 273 g/mol. The van der Waals surface area contributed by atoms with Gasteiger partial charge in [-0.25, -0.2) is 9.59 Å². The highest BCUT2D eigenvalue weighted by Crippen LogP contribution is 2.18. The summed E-state index contributed by atoms with van der Waals surface area (Å²) in [6.07, 6.45) is 1.83. The molecule has 1 saturated carbocycles. The first-order chi connectivity index (χ1) is 8.93. The lowest BCUT2D eigenvalue weighted by molar-refractivity contribution is -0.139. The minimum absolute atomic E-state index is 0.0802. The van der Waals surface area contributed by atoms with Crippen molar-refractivity contribution in [1.82, 2.24) is 15.5 Å². The predicted molar refractivity (Wildman–Crippen MR) is 65.5 cm³/mol. The van der Waals surface area contributed by atoms with E-state index in [1.54, 1.807) is 0 Å². The molecule has 0 spiro atoms. The number of aliphatic carboxylic acids is 1. The SMILES string of the molecule is CN(CC(=O)NC1CC1)C(=O)N[C@H](CCO)C(=O)O. The maximum atomic E-state index is 11.7. The third-order valence-electron chi connectivity index (χ3n) is 2.68. The van der Waals surface area contributed by atoms with Crippen LogP contribution in [0.15, 0.2) is 0 Å². The highest BCUT2D eigenvalue weighted by Gasteiger charge is 2.25. The number of carbonyl (C=O) groups is 3. The van der Waals surface area contributed by atoms with Crippen LogP contribution in [0.5, 0.6) is 0 Å². The third-order valence-corrected chi connectivity index (χ3v) is 2.68. The molecule has 0 aromatic carbocycles. The lowest BCUT2D eigenvalue weighted by atomic mass is 10.2. The van der Waals surface area contributed by atoms with Crippen LogP contribution in [0.2, 0.25) is 0 Å². The summed E-state index contributed by atoms with van der Waals surface area (Å²) in [7, 11) is 1.40. The summed E-state index contributed by atoms with van der Waals surface area (Å²) in [5, 5.41) is 22.5. The molecule has 19 heavy (non-hydrogen) atoms. The van der Waals surface area contributed by atoms with Crippen molar-refractivity contribution in [1.29, 1.82) is 0 Å². The van der Waals surface area contributed by atoms with Crippen LogP contribution >= 0.6 is 0 Å². The number of carbonyl (C=O) groups excluding carboxylic acids is 2. The van der Waals surface area contributed by atoms with E-state index in [0.717, 1.165) is 17.7 Å². The van der Waals surface area contributed by atoms with Gasteiger partial charge in [0.15, 0.2) is 0 Å². The third kappa shape index (κ3) is 5.56. The molecular formula is C11H19N3O5. The molecule has 0 heterocycles. The van der Waals surface area contributed by atoms with Crippen molar-refractivity contribution in [2.75, 3.05) is 20.2 Å². The Morgan fingerprint density at radius 1 is 1.37 bits per heavy atom. The molecule has 1 aliphatic carbocycles. The van der Waals surface area contributed by atoms with Gasteiger partial charge in [0, 0.05) is 26.1 Å². The summed E-state index contributed by atoms with van der Waals surface area (Å²) < 4.78 is 0. The van der Waals surface area contributed by atoms with E-state index < -0.39 is 18.0 Å². The monoisotopic (exact) mass is 273 g/mol. The number of hydrogen-bond donors (Lipinski definition) is 4. The van der Waals surface area contributed by atoms with Gasteiger partial charge in [-0.15, -0.1) is 0 Å². The summed E-state index contributed by atoms with van der Waals surface area (Å²) in [6.45, 7) is -0.475. The first-order valence-corrected chi connectivity index (χ1v) is 6.08. The molecule has 0 bridgehead atoms. The second kappa shape index (κ2) is 6.93. The van der Waals surface area contributed by atoms with Gasteiger partial charge in [0.2, 0.25) is 5.91 Å². The van der Waals surface area contributed by atoms with Gasteiger partial charge in [0.25, 0.3) is 0 Å². The van der Waals surface area contributed by atoms with Gasteiger partial charge in [0.1, 0.15) is 12.6 Å². The molecule has 0 aliphatic heterocycles. The maximum absolute atomic E-state index is 11.7. The largest absolute Gasteiger partial charge is 0.480 e. The summed E-state index contributed by atoms with van der Waals surface area (Å²) in [5.74, 6) is -1.49. The first kappa shape index (κ1) is 15.2. The van der Waals surface area contributed by atoms with E-state index in [1.807, 2.05) is 0 Å². The number of likely N-dealkylation sites (N-methyl/N-ethyl adjacent to an activating group) is 1. The van der Waals surface area contributed by atoms with E-state index in [9.17, 15) is 14.4 Å². The standard InChI is InChI=1S/C11H19N3O5/c1-14(6-9(16)12-7-2-3-7)11(19)13-8(4-5-15)10(17)18/h7-8,15H,2-6H2,1H3,(H,12,16)(H,13,19)(H,17,18)/t8-/m1/s1. The second-order valence-electron chi connectivity index (χ2n) is 4.55. The first-order valence-electron chi connectivity index (χ1n) is 6.08. The van der Waals surface area contributed by atoms with E-state index in [4.69, 9.17) is 10.2 Å². The van der Waals surface area contributed by atoms with Crippen LogP contribution in [-0.2, 0) is 9.59 Å². The minimum atomic E-state index is -1.22. The number of rotatable bonds is 7. The van der Waals surface area contributed by atoms with Crippen LogP contribution in [0.25, 0.3) is 0 Å². The summed E-state index contributed by atoms with van der Waals surface area (Å²) in [4.78, 5) is 35.0. The minimum Gasteiger partial charge on any atom is -0.480 e. The molecule has 1 aliphatic rings. The molecule has 1 rings (SSSR count). The highest BCUT2D eigenvalue weighted by atomic mass is 16.4. The molecule has 0 saturated heterocycles. The van der Waals surface area contributed by atoms with Crippen molar-refractivity contribution < 1.29 is 24.6 Å². The van der Waals surface area contributed by atoms with Crippen LogP contribution in [0.1, 0.15) is 19.3 Å². The molecule has 1 atom stereocenters. The zero-order chi connectivity index (χ0) is 14.4. The molecular weight excluding hydrogens is 254 g/mol. The van der Waals surface area contributed by atoms with E-state index in [0.29, 0.717) is 0 Å². The van der Waals surface area contributed by atoms with Crippen molar-refractivity contribution in [3.8, 4) is 0 Å². The molecule has 0 unspecified atom stereocenters. The number of nitrogens with zero attached hydrogens (tertiary/aromatic N) is 1. The molecule has 108 valence electrons. The zero-order valence-electron chi connectivity index (χ0n) is 10.8. The van der Waals surface area contributed by atoms with Crippen LogP contribution in [0, 0.1) is 0 Å². The van der Waals surface area contributed by atoms with E-state index in [-0.39, 0.29) is 31.5 Å². The molecule has 0 aromatic rings. The highest BCUT2D eigenvalue weighted by molar-refractivity contribution is 5.86. The van der Waals surface area contributed by atoms with E-state index in [2.05, 4.69) is 10.6 Å². The molecule has 3 amide bonds. The fourth-order valence-corrected chi connectivity index (χ4v) is 1.43. The Kier molecular flexibility index (Phi) is 5.56. The predicted octanol–water partition coefficient (Wildman–Crippen LogP) is -1.26. The molecule has 0 radical (unpaired) electrons. The fraction of sp³-hybridized carbons (Fsp3) is 0.727. The van der Waals surface area contributed by atoms with Gasteiger partial charge in [-0.3, -0.25) is 4.79 Å². The summed E-state index contributed by atoms with van der Waals surface area (Å²) in [6, 6.07) is -1.61. The lowest BCUT2D eigenvalue weighted by Gasteiger charge is -2.20. The molecule has 0 aromatic heterocycles. The second-order valence-corrected chi connectivity index (χ2v) is 4.55. The Labute approximate surface area is 110 Å². The number of carboxylic acid groups (broad SMARTS) is 1. The molecule has 1 fully saturated rings. The smallest absolute Gasteiger partial charge is 0.326 e. The Morgan fingerprint density at radius 2 is 2.00 bits per heavy atom. The average Bonchev–Trinajstić information content (AvgIpc) is 3.11. The molecule has 8 heteroatoms. The topological polar surface area (TPSA) is 119 Å². The molecule has 4 N–H and O–H groups in total.